The maximum absolute atomic E-state index is 12.5. The van der Waals surface area contributed by atoms with E-state index in [0.717, 1.165) is 24.2 Å². The Morgan fingerprint density at radius 3 is 2.29 bits per heavy atom. The van der Waals surface area contributed by atoms with Crippen molar-refractivity contribution in [2.75, 3.05) is 6.67 Å². The molecule has 0 radical (unpaired) electrons. The third-order valence-corrected chi connectivity index (χ3v) is 5.00. The topological polar surface area (TPSA) is 26.0 Å². The van der Waals surface area contributed by atoms with Crippen molar-refractivity contribution < 1.29 is 4.39 Å². The molecule has 4 rings (SSSR count). The molecule has 4 aliphatic carbocycles. The summed E-state index contributed by atoms with van der Waals surface area (Å²) in [6, 6.07) is 0. The quantitative estimate of drug-likeness (QED) is 0.723. The van der Waals surface area contributed by atoms with Gasteiger partial charge in [-0.15, -0.1) is 0 Å². The minimum absolute atomic E-state index is 0.0286. The first-order valence-corrected chi connectivity index (χ1v) is 6.06. The van der Waals surface area contributed by atoms with E-state index in [-0.39, 0.29) is 12.2 Å². The van der Waals surface area contributed by atoms with Crippen LogP contribution >= 0.6 is 0 Å². The van der Waals surface area contributed by atoms with Crippen LogP contribution in [0.15, 0.2) is 0 Å². The van der Waals surface area contributed by atoms with Gasteiger partial charge in [0.15, 0.2) is 0 Å². The Balaban J connectivity index is 1.86. The van der Waals surface area contributed by atoms with Gasteiger partial charge in [0.1, 0.15) is 0 Å². The average Bonchev–Trinajstić information content (AvgIpc) is 2.09. The SMILES string of the molecule is NC12CC3CC(CC(C3)C1CCF)C2. The molecule has 4 bridgehead atoms. The molecular formula is C12H20FN. The van der Waals surface area contributed by atoms with Gasteiger partial charge in [0.05, 0.1) is 6.67 Å². The second-order valence-corrected chi connectivity index (χ2v) is 5.92. The zero-order valence-corrected chi connectivity index (χ0v) is 8.71. The van der Waals surface area contributed by atoms with E-state index in [1.807, 2.05) is 0 Å². The molecule has 0 amide bonds. The van der Waals surface area contributed by atoms with Crippen molar-refractivity contribution in [2.24, 2.45) is 29.4 Å². The molecule has 0 aromatic rings. The molecular weight excluding hydrogens is 177 g/mol. The first kappa shape index (κ1) is 9.14. The zero-order valence-electron chi connectivity index (χ0n) is 8.71. The standard InChI is InChI=1S/C12H20FN/c13-2-1-11-10-4-8-3-9(5-10)7-12(11,14)6-8/h8-11H,1-7,14H2. The molecule has 3 atom stereocenters. The molecule has 4 saturated carbocycles. The molecule has 2 heteroatoms. The minimum atomic E-state index is -0.171. The molecule has 0 aliphatic heterocycles. The highest BCUT2D eigenvalue weighted by molar-refractivity contribution is 5.09. The first-order valence-electron chi connectivity index (χ1n) is 6.06. The molecule has 0 saturated heterocycles. The van der Waals surface area contributed by atoms with E-state index in [0.29, 0.717) is 5.92 Å². The van der Waals surface area contributed by atoms with E-state index in [1.165, 1.54) is 32.1 Å². The predicted molar refractivity (Wildman–Crippen MR) is 54.6 cm³/mol. The molecule has 1 nitrogen and oxygen atoms in total. The Kier molecular flexibility index (Phi) is 1.92. The maximum Gasteiger partial charge on any atom is 0.0897 e. The van der Waals surface area contributed by atoms with Gasteiger partial charge in [0.25, 0.3) is 0 Å². The lowest BCUT2D eigenvalue weighted by atomic mass is 9.48. The van der Waals surface area contributed by atoms with Gasteiger partial charge in [-0.25, -0.2) is 0 Å². The normalized spacial score (nSPS) is 55.3. The van der Waals surface area contributed by atoms with Crippen LogP contribution in [0.4, 0.5) is 4.39 Å². The maximum atomic E-state index is 12.5. The lowest BCUT2D eigenvalue weighted by Gasteiger charge is -2.60. The molecule has 0 heterocycles. The van der Waals surface area contributed by atoms with Crippen molar-refractivity contribution in [3.63, 3.8) is 0 Å². The molecule has 2 N–H and O–H groups in total. The van der Waals surface area contributed by atoms with Crippen LogP contribution in [0.3, 0.4) is 0 Å². The van der Waals surface area contributed by atoms with Crippen molar-refractivity contribution >= 4 is 0 Å². The van der Waals surface area contributed by atoms with Crippen molar-refractivity contribution in [3.8, 4) is 0 Å². The molecule has 0 aromatic carbocycles. The van der Waals surface area contributed by atoms with Crippen LogP contribution in [0.5, 0.6) is 0 Å². The van der Waals surface area contributed by atoms with Gasteiger partial charge in [0, 0.05) is 5.54 Å². The molecule has 4 aliphatic rings. The van der Waals surface area contributed by atoms with Crippen molar-refractivity contribution in [1.82, 2.24) is 0 Å². The second kappa shape index (κ2) is 2.94. The fourth-order valence-electron chi connectivity index (χ4n) is 4.85. The van der Waals surface area contributed by atoms with Gasteiger partial charge in [-0.3, -0.25) is 4.39 Å². The third kappa shape index (κ3) is 1.16. The third-order valence-electron chi connectivity index (χ3n) is 5.00. The number of hydrogen-bond donors (Lipinski definition) is 1. The Morgan fingerprint density at radius 2 is 1.79 bits per heavy atom. The summed E-state index contributed by atoms with van der Waals surface area (Å²) in [5, 5.41) is 0. The Hall–Kier alpha value is -0.110. The average molecular weight is 197 g/mol. The van der Waals surface area contributed by atoms with Gasteiger partial charge in [-0.2, -0.15) is 0 Å². The van der Waals surface area contributed by atoms with Crippen molar-refractivity contribution in [3.05, 3.63) is 0 Å². The largest absolute Gasteiger partial charge is 0.325 e. The molecule has 0 spiro atoms. The Morgan fingerprint density at radius 1 is 1.14 bits per heavy atom. The zero-order chi connectivity index (χ0) is 9.76. The summed E-state index contributed by atoms with van der Waals surface area (Å²) in [7, 11) is 0. The number of alkyl halides is 1. The van der Waals surface area contributed by atoms with Gasteiger partial charge in [-0.05, 0) is 62.2 Å². The van der Waals surface area contributed by atoms with Crippen LogP contribution in [0.25, 0.3) is 0 Å². The number of rotatable bonds is 2. The number of halogens is 1. The summed E-state index contributed by atoms with van der Waals surface area (Å²) < 4.78 is 12.5. The molecule has 80 valence electrons. The van der Waals surface area contributed by atoms with E-state index in [9.17, 15) is 4.39 Å². The number of nitrogens with two attached hydrogens (primary N) is 1. The van der Waals surface area contributed by atoms with E-state index >= 15 is 0 Å². The highest BCUT2D eigenvalue weighted by Gasteiger charge is 2.54. The van der Waals surface area contributed by atoms with Crippen LogP contribution in [-0.4, -0.2) is 12.2 Å². The Labute approximate surface area is 85.2 Å². The molecule has 14 heavy (non-hydrogen) atoms. The summed E-state index contributed by atoms with van der Waals surface area (Å²) in [6.45, 7) is -0.171. The van der Waals surface area contributed by atoms with Crippen LogP contribution in [0, 0.1) is 23.7 Å². The fourth-order valence-corrected chi connectivity index (χ4v) is 4.85. The lowest BCUT2D eigenvalue weighted by Crippen LogP contribution is -2.62. The minimum Gasteiger partial charge on any atom is -0.325 e. The monoisotopic (exact) mass is 197 g/mol. The second-order valence-electron chi connectivity index (χ2n) is 5.92. The highest BCUT2D eigenvalue weighted by atomic mass is 19.1. The van der Waals surface area contributed by atoms with E-state index < -0.39 is 0 Å². The summed E-state index contributed by atoms with van der Waals surface area (Å²) in [5.41, 5.74) is 6.51. The Bertz CT molecular complexity index is 226. The molecule has 0 aromatic heterocycles. The van der Waals surface area contributed by atoms with Crippen LogP contribution in [0.1, 0.15) is 38.5 Å². The van der Waals surface area contributed by atoms with E-state index in [1.54, 1.807) is 0 Å². The molecule has 3 unspecified atom stereocenters. The van der Waals surface area contributed by atoms with E-state index in [4.69, 9.17) is 5.73 Å². The van der Waals surface area contributed by atoms with Gasteiger partial charge >= 0.3 is 0 Å². The van der Waals surface area contributed by atoms with Crippen LogP contribution in [0.2, 0.25) is 0 Å². The van der Waals surface area contributed by atoms with Crippen LogP contribution < -0.4 is 5.73 Å². The fraction of sp³-hybridized carbons (Fsp3) is 1.00. The summed E-state index contributed by atoms with van der Waals surface area (Å²) in [6.07, 6.45) is 7.20. The smallest absolute Gasteiger partial charge is 0.0897 e. The van der Waals surface area contributed by atoms with Gasteiger partial charge < -0.3 is 5.73 Å². The highest BCUT2D eigenvalue weighted by Crippen LogP contribution is 2.58. The van der Waals surface area contributed by atoms with Crippen molar-refractivity contribution in [2.45, 2.75) is 44.1 Å². The van der Waals surface area contributed by atoms with Gasteiger partial charge in [0.2, 0.25) is 0 Å². The summed E-state index contributed by atoms with van der Waals surface area (Å²) >= 11 is 0. The summed E-state index contributed by atoms with van der Waals surface area (Å²) in [4.78, 5) is 0. The van der Waals surface area contributed by atoms with Gasteiger partial charge in [-0.1, -0.05) is 0 Å². The van der Waals surface area contributed by atoms with E-state index in [2.05, 4.69) is 0 Å². The lowest BCUT2D eigenvalue weighted by molar-refractivity contribution is -0.0601. The van der Waals surface area contributed by atoms with Crippen LogP contribution in [-0.2, 0) is 0 Å². The first-order chi connectivity index (χ1) is 6.71. The summed E-state index contributed by atoms with van der Waals surface area (Å²) in [5.74, 6) is 3.03. The predicted octanol–water partition coefficient (Wildman–Crippen LogP) is 2.50. The molecule has 4 fully saturated rings. The van der Waals surface area contributed by atoms with Crippen molar-refractivity contribution in [1.29, 1.82) is 0 Å². The number of hydrogen-bond acceptors (Lipinski definition) is 1.